The second-order valence-corrected chi connectivity index (χ2v) is 1.56. The summed E-state index contributed by atoms with van der Waals surface area (Å²) in [4.78, 5) is 0. The highest BCUT2D eigenvalue weighted by Crippen LogP contribution is 1.81. The summed E-state index contributed by atoms with van der Waals surface area (Å²) in [6.45, 7) is 1.81. The smallest absolute Gasteiger partial charge is 0.154 e. The molecule has 2 N–H and O–H groups in total. The number of hydrogen-bond donors (Lipinski definition) is 1. The van der Waals surface area contributed by atoms with E-state index in [2.05, 4.69) is 0 Å². The molecule has 1 nitrogen and oxygen atoms in total. The van der Waals surface area contributed by atoms with Crippen molar-refractivity contribution in [2.45, 2.75) is 12.3 Å². The van der Waals surface area contributed by atoms with E-state index in [1.165, 1.54) is 6.21 Å². The molecule has 0 spiro atoms. The van der Waals surface area contributed by atoms with E-state index >= 15 is 0 Å². The van der Waals surface area contributed by atoms with E-state index in [1.54, 1.807) is 0 Å². The van der Waals surface area contributed by atoms with E-state index < -0.39 is 0 Å². The van der Waals surface area contributed by atoms with Crippen molar-refractivity contribution in [3.63, 3.8) is 0 Å². The van der Waals surface area contributed by atoms with Gasteiger partial charge in [0.15, 0.2) is 6.21 Å². The fraction of sp³-hybridized carbons (Fsp3) is 0.667. The van der Waals surface area contributed by atoms with Crippen LogP contribution < -0.4 is 17.8 Å². The Morgan fingerprint density at radius 2 is 2.00 bits per heavy atom. The average molecular weight is 128 g/mol. The lowest BCUT2D eigenvalue weighted by Crippen LogP contribution is -3.00. The van der Waals surface area contributed by atoms with E-state index in [0.717, 1.165) is 0 Å². The quantitative estimate of drug-likeness (QED) is 0.279. The Labute approximate surface area is 48.6 Å². The van der Waals surface area contributed by atoms with Gasteiger partial charge in [0.05, 0.1) is 0 Å². The van der Waals surface area contributed by atoms with Crippen molar-refractivity contribution in [3.8, 4) is 0 Å². The van der Waals surface area contributed by atoms with Gasteiger partial charge in [-0.1, -0.05) is 0 Å². The molecular formula is C3H7Cl2N. The molecule has 0 bridgehead atoms. The number of nitrogens with two attached hydrogens (primary N) is 1. The Morgan fingerprint density at radius 1 is 1.83 bits per heavy atom. The van der Waals surface area contributed by atoms with Gasteiger partial charge in [-0.25, -0.2) is 0 Å². The molecule has 0 saturated heterocycles. The number of hydrogen-bond acceptors (Lipinski definition) is 0. The van der Waals surface area contributed by atoms with E-state index in [0.29, 0.717) is 0 Å². The molecule has 0 heterocycles. The van der Waals surface area contributed by atoms with Crippen molar-refractivity contribution in [1.29, 1.82) is 0 Å². The Hall–Kier alpha value is 0.250. The Morgan fingerprint density at radius 3 is 2.00 bits per heavy atom. The van der Waals surface area contributed by atoms with Crippen molar-refractivity contribution >= 4 is 17.8 Å². The lowest BCUT2D eigenvalue weighted by molar-refractivity contribution is -0.107. The molecule has 0 aliphatic carbocycles. The van der Waals surface area contributed by atoms with Gasteiger partial charge in [0, 0.05) is 0 Å². The Bertz CT molecular complexity index is 35.8. The molecule has 0 radical (unpaired) electrons. The molecule has 1 atom stereocenters. The number of rotatable bonds is 1. The topological polar surface area (TPSA) is 25.6 Å². The van der Waals surface area contributed by atoms with Gasteiger partial charge in [0.2, 0.25) is 0 Å². The summed E-state index contributed by atoms with van der Waals surface area (Å²) in [6, 6.07) is 0. The summed E-state index contributed by atoms with van der Waals surface area (Å²) < 4.78 is 0. The highest BCUT2D eigenvalue weighted by Gasteiger charge is 1.84. The fourth-order valence-corrected chi connectivity index (χ4v) is 0. The maximum absolute atomic E-state index is 5.28. The summed E-state index contributed by atoms with van der Waals surface area (Å²) in [5.41, 5.74) is 0. The third-order valence-electron chi connectivity index (χ3n) is 0.265. The molecule has 0 aliphatic rings. The summed E-state index contributed by atoms with van der Waals surface area (Å²) in [6.07, 6.45) is 1.43. The first-order valence-electron chi connectivity index (χ1n) is 1.46. The van der Waals surface area contributed by atoms with Crippen LogP contribution in [-0.2, 0) is 0 Å². The van der Waals surface area contributed by atoms with Gasteiger partial charge in [0.1, 0.15) is 5.38 Å². The first-order valence-corrected chi connectivity index (χ1v) is 1.90. The molecule has 0 aromatic rings. The zero-order chi connectivity index (χ0) is 4.28. The maximum Gasteiger partial charge on any atom is 0.154 e. The molecule has 3 heteroatoms. The minimum absolute atomic E-state index is 0. The van der Waals surface area contributed by atoms with Gasteiger partial charge in [-0.05, 0) is 6.92 Å². The minimum Gasteiger partial charge on any atom is -1.00 e. The van der Waals surface area contributed by atoms with Gasteiger partial charge in [-0.15, -0.1) is 11.6 Å². The molecule has 1 unspecified atom stereocenters. The van der Waals surface area contributed by atoms with E-state index in [9.17, 15) is 0 Å². The molecule has 0 rings (SSSR count). The fourth-order valence-electron chi connectivity index (χ4n) is 0. The van der Waals surface area contributed by atoms with Gasteiger partial charge in [-0.2, -0.15) is 0 Å². The molecule has 0 aliphatic heterocycles. The standard InChI is InChI=1S/C3H6ClN.ClH/c1-3(4)2-5;/h2-3,5H,1H3;1H. The van der Waals surface area contributed by atoms with E-state index in [-0.39, 0.29) is 17.8 Å². The van der Waals surface area contributed by atoms with Gasteiger partial charge < -0.3 is 12.4 Å². The van der Waals surface area contributed by atoms with Gasteiger partial charge in [0.25, 0.3) is 0 Å². The number of alkyl halides is 1. The van der Waals surface area contributed by atoms with Crippen LogP contribution in [0.15, 0.2) is 0 Å². The summed E-state index contributed by atoms with van der Waals surface area (Å²) in [7, 11) is 0. The van der Waals surface area contributed by atoms with Crippen molar-refractivity contribution < 1.29 is 17.8 Å². The average Bonchev–Trinajstić information content (AvgIpc) is 1.38. The third kappa shape index (κ3) is 8.87. The molecule has 6 heavy (non-hydrogen) atoms. The Kier molecular flexibility index (Phi) is 8.35. The molecule has 0 amide bonds. The highest BCUT2D eigenvalue weighted by molar-refractivity contribution is 6.27. The molecular weight excluding hydrogens is 121 g/mol. The molecule has 0 saturated carbocycles. The largest absolute Gasteiger partial charge is 1.00 e. The second-order valence-electron chi connectivity index (χ2n) is 0.870. The minimum atomic E-state index is 0. The van der Waals surface area contributed by atoms with Crippen molar-refractivity contribution in [2.24, 2.45) is 0 Å². The lowest BCUT2D eigenvalue weighted by Gasteiger charge is -1.74. The summed E-state index contributed by atoms with van der Waals surface area (Å²) in [5, 5.41) is 4.92. The molecule has 0 aromatic heterocycles. The second kappa shape index (κ2) is 5.25. The molecule has 38 valence electrons. The van der Waals surface area contributed by atoms with Gasteiger partial charge in [-0.3, -0.25) is 5.41 Å². The number of halogens is 2. The van der Waals surface area contributed by atoms with Crippen molar-refractivity contribution in [1.82, 2.24) is 0 Å². The van der Waals surface area contributed by atoms with Gasteiger partial charge >= 0.3 is 0 Å². The molecule has 0 fully saturated rings. The van der Waals surface area contributed by atoms with Crippen LogP contribution in [0.4, 0.5) is 0 Å². The SMILES string of the molecule is CC(Cl)C=[NH2+].[Cl-]. The zero-order valence-electron chi connectivity index (χ0n) is 3.49. The Balaban J connectivity index is 0. The normalized spacial score (nSPS) is 11.7. The van der Waals surface area contributed by atoms with Crippen LogP contribution in [0.3, 0.4) is 0 Å². The molecule has 0 aromatic carbocycles. The van der Waals surface area contributed by atoms with Crippen molar-refractivity contribution in [3.05, 3.63) is 0 Å². The van der Waals surface area contributed by atoms with Crippen LogP contribution in [0.2, 0.25) is 0 Å². The summed E-state index contributed by atoms with van der Waals surface area (Å²) >= 11 is 5.28. The van der Waals surface area contributed by atoms with Crippen LogP contribution in [-0.4, -0.2) is 11.6 Å². The summed E-state index contributed by atoms with van der Waals surface area (Å²) in [5.74, 6) is 0. The first kappa shape index (κ1) is 9.54. The monoisotopic (exact) mass is 127 g/mol. The predicted octanol–water partition coefficient (Wildman–Crippen LogP) is -3.55. The maximum atomic E-state index is 5.28. The van der Waals surface area contributed by atoms with E-state index in [4.69, 9.17) is 17.0 Å². The highest BCUT2D eigenvalue weighted by atomic mass is 35.5. The van der Waals surface area contributed by atoms with E-state index in [1.807, 2.05) is 6.92 Å². The van der Waals surface area contributed by atoms with Crippen LogP contribution in [0.1, 0.15) is 6.92 Å². The van der Waals surface area contributed by atoms with Crippen LogP contribution in [0.5, 0.6) is 0 Å². The third-order valence-corrected chi connectivity index (χ3v) is 0.411. The van der Waals surface area contributed by atoms with Crippen molar-refractivity contribution in [2.75, 3.05) is 0 Å². The first-order chi connectivity index (χ1) is 2.27. The predicted molar refractivity (Wildman–Crippen MR) is 23.3 cm³/mol. The van der Waals surface area contributed by atoms with Crippen LogP contribution in [0, 0.1) is 0 Å². The lowest BCUT2D eigenvalue weighted by atomic mass is 10.5. The zero-order valence-corrected chi connectivity index (χ0v) is 5.00. The van der Waals surface area contributed by atoms with Crippen LogP contribution >= 0.6 is 11.6 Å². The van der Waals surface area contributed by atoms with Crippen LogP contribution in [0.25, 0.3) is 0 Å².